The van der Waals surface area contributed by atoms with Gasteiger partial charge in [0.1, 0.15) is 5.54 Å². The fourth-order valence-electron chi connectivity index (χ4n) is 6.81. The Labute approximate surface area is 206 Å². The zero-order valence-corrected chi connectivity index (χ0v) is 21.1. The Morgan fingerprint density at radius 1 is 1.31 bits per heavy atom. The SMILES string of the molecule is CC[C@@H]1CN2CC[C@]3(Nc4cccc(-c5ccnn5C)c4C3=O)[C@]2(C)C[C@@H]1/C(=C\OC)C(=O)OC. The van der Waals surface area contributed by atoms with Crippen molar-refractivity contribution in [3.05, 3.63) is 47.9 Å². The number of nitrogens with zero attached hydrogens (tertiary/aromatic N) is 3. The largest absolute Gasteiger partial charge is 0.504 e. The molecule has 0 bridgehead atoms. The third-order valence-corrected chi connectivity index (χ3v) is 8.73. The van der Waals surface area contributed by atoms with E-state index in [0.717, 1.165) is 42.0 Å². The van der Waals surface area contributed by atoms with E-state index in [0.29, 0.717) is 18.4 Å². The number of fused-ring (bicyclic) bond motifs is 3. The van der Waals surface area contributed by atoms with Crippen LogP contribution in [0.15, 0.2) is 42.3 Å². The maximum absolute atomic E-state index is 14.4. The number of benzene rings is 1. The number of carbonyl (C=O) groups excluding carboxylic acids is 2. The molecule has 5 rings (SSSR count). The molecule has 1 aromatic carbocycles. The summed E-state index contributed by atoms with van der Waals surface area (Å²) >= 11 is 0. The van der Waals surface area contributed by atoms with E-state index in [1.807, 2.05) is 31.3 Å². The topological polar surface area (TPSA) is 85.7 Å². The average molecular weight is 479 g/mol. The standard InChI is InChI=1S/C27H34N4O4/c1-6-17-15-31-13-11-27(26(31,2)14-19(17)20(16-34-4)25(33)35-5)24(32)23-18(8-7-9-21(23)29-27)22-10-12-28-30(22)3/h7-10,12,16-17,19,29H,6,11,13-15H2,1-5H3/b20-16+/t17-,19+,26+,27-/m1/s1. The summed E-state index contributed by atoms with van der Waals surface area (Å²) in [6.45, 7) is 5.98. The van der Waals surface area contributed by atoms with E-state index in [2.05, 4.69) is 29.2 Å². The van der Waals surface area contributed by atoms with Gasteiger partial charge in [0.05, 0.1) is 37.3 Å². The van der Waals surface area contributed by atoms with E-state index >= 15 is 0 Å². The molecule has 8 heteroatoms. The van der Waals surface area contributed by atoms with Crippen LogP contribution in [-0.2, 0) is 21.3 Å². The van der Waals surface area contributed by atoms with Gasteiger partial charge in [0, 0.05) is 43.1 Å². The molecule has 8 nitrogen and oxygen atoms in total. The maximum atomic E-state index is 14.4. The van der Waals surface area contributed by atoms with Crippen LogP contribution in [0, 0.1) is 11.8 Å². The summed E-state index contributed by atoms with van der Waals surface area (Å²) < 4.78 is 12.2. The van der Waals surface area contributed by atoms with Gasteiger partial charge in [-0.25, -0.2) is 4.79 Å². The Balaban J connectivity index is 1.58. The first-order valence-electron chi connectivity index (χ1n) is 12.3. The molecule has 0 amide bonds. The van der Waals surface area contributed by atoms with Crippen LogP contribution in [0.1, 0.15) is 43.5 Å². The zero-order chi connectivity index (χ0) is 25.0. The number of aromatic nitrogens is 2. The number of methoxy groups -OCH3 is 2. The molecular weight excluding hydrogens is 444 g/mol. The molecule has 0 saturated carbocycles. The summed E-state index contributed by atoms with van der Waals surface area (Å²) in [6, 6.07) is 7.92. The van der Waals surface area contributed by atoms with Gasteiger partial charge in [-0.15, -0.1) is 0 Å². The summed E-state index contributed by atoms with van der Waals surface area (Å²) in [4.78, 5) is 29.6. The quantitative estimate of drug-likeness (QED) is 0.399. The normalized spacial score (nSPS) is 30.2. The van der Waals surface area contributed by atoms with Crippen molar-refractivity contribution in [1.82, 2.24) is 14.7 Å². The van der Waals surface area contributed by atoms with Gasteiger partial charge in [0.25, 0.3) is 0 Å². The lowest BCUT2D eigenvalue weighted by Crippen LogP contribution is -2.66. The highest BCUT2D eigenvalue weighted by Gasteiger charge is 2.66. The van der Waals surface area contributed by atoms with Crippen molar-refractivity contribution in [3.8, 4) is 11.3 Å². The van der Waals surface area contributed by atoms with Crippen molar-refractivity contribution in [1.29, 1.82) is 0 Å². The first-order valence-corrected chi connectivity index (χ1v) is 12.3. The number of ether oxygens (including phenoxy) is 2. The van der Waals surface area contributed by atoms with Gasteiger partial charge in [-0.3, -0.25) is 14.4 Å². The Kier molecular flexibility index (Phi) is 5.74. The van der Waals surface area contributed by atoms with Crippen LogP contribution in [0.2, 0.25) is 0 Å². The smallest absolute Gasteiger partial charge is 0.337 e. The first kappa shape index (κ1) is 23.6. The molecule has 4 atom stereocenters. The van der Waals surface area contributed by atoms with Crippen molar-refractivity contribution in [2.24, 2.45) is 18.9 Å². The number of piperidine rings is 1. The molecule has 0 aliphatic carbocycles. The summed E-state index contributed by atoms with van der Waals surface area (Å²) in [7, 11) is 4.85. The Bertz CT molecular complexity index is 1200. The number of hydrogen-bond acceptors (Lipinski definition) is 7. The fourth-order valence-corrected chi connectivity index (χ4v) is 6.81. The Morgan fingerprint density at radius 3 is 2.77 bits per heavy atom. The van der Waals surface area contributed by atoms with Crippen LogP contribution in [0.5, 0.6) is 0 Å². The number of nitrogens with one attached hydrogen (secondary N) is 1. The van der Waals surface area contributed by atoms with E-state index in [-0.39, 0.29) is 23.6 Å². The molecular formula is C27H34N4O4. The molecule has 3 aliphatic heterocycles. The average Bonchev–Trinajstić information content (AvgIpc) is 3.50. The van der Waals surface area contributed by atoms with Crippen molar-refractivity contribution in [3.63, 3.8) is 0 Å². The van der Waals surface area contributed by atoms with Gasteiger partial charge in [-0.2, -0.15) is 5.10 Å². The molecule has 2 fully saturated rings. The molecule has 0 unspecified atom stereocenters. The maximum Gasteiger partial charge on any atom is 0.337 e. The van der Waals surface area contributed by atoms with E-state index in [1.54, 1.807) is 18.0 Å². The number of ketones is 1. The predicted octanol–water partition coefficient (Wildman–Crippen LogP) is 3.65. The molecule has 1 spiro atoms. The molecule has 4 heterocycles. The first-order chi connectivity index (χ1) is 16.8. The predicted molar refractivity (Wildman–Crippen MR) is 133 cm³/mol. The minimum atomic E-state index is -0.769. The second kappa shape index (κ2) is 8.52. The minimum Gasteiger partial charge on any atom is -0.504 e. The molecule has 35 heavy (non-hydrogen) atoms. The fraction of sp³-hybridized carbons (Fsp3) is 0.519. The monoisotopic (exact) mass is 478 g/mol. The van der Waals surface area contributed by atoms with Gasteiger partial charge in [0.15, 0.2) is 5.78 Å². The zero-order valence-electron chi connectivity index (χ0n) is 21.1. The third kappa shape index (κ3) is 3.26. The number of carbonyl (C=O) groups is 2. The van der Waals surface area contributed by atoms with Crippen molar-refractivity contribution < 1.29 is 19.1 Å². The third-order valence-electron chi connectivity index (χ3n) is 8.73. The molecule has 1 N–H and O–H groups in total. The Hall–Kier alpha value is -3.13. The van der Waals surface area contributed by atoms with Crippen LogP contribution in [0.4, 0.5) is 5.69 Å². The van der Waals surface area contributed by atoms with E-state index < -0.39 is 11.1 Å². The van der Waals surface area contributed by atoms with E-state index in [9.17, 15) is 9.59 Å². The number of Topliss-reactive ketones (excluding diaryl/α,β-unsaturated/α-hetero) is 1. The highest BCUT2D eigenvalue weighted by Crippen LogP contribution is 2.55. The van der Waals surface area contributed by atoms with Gasteiger partial charge in [0.2, 0.25) is 0 Å². The number of esters is 1. The van der Waals surface area contributed by atoms with Crippen molar-refractivity contribution >= 4 is 17.4 Å². The van der Waals surface area contributed by atoms with Crippen molar-refractivity contribution in [2.45, 2.75) is 44.2 Å². The van der Waals surface area contributed by atoms with Gasteiger partial charge >= 0.3 is 5.97 Å². The molecule has 3 aliphatic rings. The van der Waals surface area contributed by atoms with Crippen molar-refractivity contribution in [2.75, 3.05) is 32.6 Å². The Morgan fingerprint density at radius 2 is 2.11 bits per heavy atom. The lowest BCUT2D eigenvalue weighted by Gasteiger charge is -2.52. The van der Waals surface area contributed by atoms with Gasteiger partial charge in [-0.1, -0.05) is 25.5 Å². The van der Waals surface area contributed by atoms with E-state index in [4.69, 9.17) is 9.47 Å². The molecule has 2 aromatic rings. The molecule has 1 aromatic heterocycles. The molecule has 186 valence electrons. The van der Waals surface area contributed by atoms with E-state index in [1.165, 1.54) is 13.4 Å². The van der Waals surface area contributed by atoms with Gasteiger partial charge in [-0.05, 0) is 43.7 Å². The number of aryl methyl sites for hydroxylation is 1. The van der Waals surface area contributed by atoms with Crippen LogP contribution in [0.25, 0.3) is 11.3 Å². The summed E-state index contributed by atoms with van der Waals surface area (Å²) in [6.07, 6.45) is 5.58. The lowest BCUT2D eigenvalue weighted by molar-refractivity contribution is -0.137. The number of hydrogen-bond donors (Lipinski definition) is 1. The highest BCUT2D eigenvalue weighted by atomic mass is 16.5. The second-order valence-corrected chi connectivity index (χ2v) is 10.2. The van der Waals surface area contributed by atoms with Crippen LogP contribution >= 0.6 is 0 Å². The van der Waals surface area contributed by atoms with Crippen LogP contribution < -0.4 is 5.32 Å². The molecule has 0 radical (unpaired) electrons. The minimum absolute atomic E-state index is 0.0709. The summed E-state index contributed by atoms with van der Waals surface area (Å²) in [5.41, 5.74) is 2.70. The molecule has 2 saturated heterocycles. The highest BCUT2D eigenvalue weighted by molar-refractivity contribution is 6.18. The summed E-state index contributed by atoms with van der Waals surface area (Å²) in [5, 5.41) is 8.02. The lowest BCUT2D eigenvalue weighted by atomic mass is 9.64. The summed E-state index contributed by atoms with van der Waals surface area (Å²) in [5.74, 6) is -0.0497. The second-order valence-electron chi connectivity index (χ2n) is 10.2. The number of rotatable bonds is 5. The van der Waals surface area contributed by atoms with Gasteiger partial charge < -0.3 is 14.8 Å². The number of anilines is 1. The van der Waals surface area contributed by atoms with Crippen LogP contribution in [0.3, 0.4) is 0 Å². The van der Waals surface area contributed by atoms with Crippen LogP contribution in [-0.4, -0.2) is 64.8 Å².